The fourth-order valence-electron chi connectivity index (χ4n) is 3.04. The molecule has 86 valence electrons. The average molecular weight is 210 g/mol. The van der Waals surface area contributed by atoms with Crippen molar-refractivity contribution in [2.75, 3.05) is 13.1 Å². The fraction of sp³-hybridized carbons (Fsp3) is 0.917. The van der Waals surface area contributed by atoms with Crippen LogP contribution >= 0.6 is 0 Å². The van der Waals surface area contributed by atoms with Crippen LogP contribution in [0.1, 0.15) is 45.4 Å². The second-order valence-electron chi connectivity index (χ2n) is 4.88. The van der Waals surface area contributed by atoms with Gasteiger partial charge in [0.1, 0.15) is 0 Å². The molecule has 0 amide bonds. The van der Waals surface area contributed by atoms with Gasteiger partial charge in [-0.1, -0.05) is 24.9 Å². The van der Waals surface area contributed by atoms with Crippen LogP contribution in [-0.2, 0) is 0 Å². The summed E-state index contributed by atoms with van der Waals surface area (Å²) < 4.78 is 0. The van der Waals surface area contributed by atoms with E-state index < -0.39 is 0 Å². The highest BCUT2D eigenvalue weighted by Gasteiger charge is 2.30. The van der Waals surface area contributed by atoms with E-state index >= 15 is 0 Å². The van der Waals surface area contributed by atoms with Crippen molar-refractivity contribution in [2.24, 2.45) is 11.1 Å². The predicted octanol–water partition coefficient (Wildman–Crippen LogP) is 2.49. The molecule has 0 aromatic rings. The van der Waals surface area contributed by atoms with Crippen molar-refractivity contribution in [3.8, 4) is 0 Å². The standard InChI is InChI=1S/C12H22N2O/c1-2-10-9-14(8-7-12(10)13-15)11-5-3-4-6-11/h10-11,15H,2-9H2,1H3. The zero-order valence-corrected chi connectivity index (χ0v) is 9.65. The molecule has 3 heteroatoms. The molecule has 1 aliphatic carbocycles. The number of hydrogen-bond donors (Lipinski definition) is 1. The Hall–Kier alpha value is -0.570. The van der Waals surface area contributed by atoms with Crippen molar-refractivity contribution in [2.45, 2.75) is 51.5 Å². The maximum absolute atomic E-state index is 8.91. The minimum Gasteiger partial charge on any atom is -0.411 e. The summed E-state index contributed by atoms with van der Waals surface area (Å²) in [7, 11) is 0. The molecule has 2 rings (SSSR count). The second-order valence-corrected chi connectivity index (χ2v) is 4.88. The molecule has 3 nitrogen and oxygen atoms in total. The lowest BCUT2D eigenvalue weighted by Crippen LogP contribution is -2.45. The van der Waals surface area contributed by atoms with Crippen molar-refractivity contribution in [1.82, 2.24) is 4.90 Å². The Morgan fingerprint density at radius 3 is 2.73 bits per heavy atom. The number of nitrogens with zero attached hydrogens (tertiary/aromatic N) is 2. The van der Waals surface area contributed by atoms with Crippen LogP contribution in [0.4, 0.5) is 0 Å². The maximum Gasteiger partial charge on any atom is 0.0627 e. The van der Waals surface area contributed by atoms with Crippen molar-refractivity contribution in [1.29, 1.82) is 0 Å². The van der Waals surface area contributed by atoms with Crippen LogP contribution in [0.2, 0.25) is 0 Å². The van der Waals surface area contributed by atoms with Gasteiger partial charge in [-0.25, -0.2) is 0 Å². The number of likely N-dealkylation sites (tertiary alicyclic amines) is 1. The Labute approximate surface area is 92.1 Å². The fourth-order valence-corrected chi connectivity index (χ4v) is 3.04. The molecule has 0 aromatic carbocycles. The third-order valence-corrected chi connectivity index (χ3v) is 4.04. The van der Waals surface area contributed by atoms with E-state index in [0.717, 1.165) is 37.7 Å². The summed E-state index contributed by atoms with van der Waals surface area (Å²) in [4.78, 5) is 2.62. The van der Waals surface area contributed by atoms with Crippen LogP contribution in [0.25, 0.3) is 0 Å². The van der Waals surface area contributed by atoms with E-state index in [9.17, 15) is 0 Å². The SMILES string of the molecule is CCC1CN(C2CCCC2)CCC1=NO. The molecule has 15 heavy (non-hydrogen) atoms. The van der Waals surface area contributed by atoms with Gasteiger partial charge in [-0.3, -0.25) is 4.90 Å². The molecule has 0 bridgehead atoms. The summed E-state index contributed by atoms with van der Waals surface area (Å²) in [5.41, 5.74) is 1.02. The molecule has 1 atom stereocenters. The monoisotopic (exact) mass is 210 g/mol. The Bertz CT molecular complexity index is 234. The van der Waals surface area contributed by atoms with Gasteiger partial charge in [-0.05, 0) is 19.3 Å². The van der Waals surface area contributed by atoms with Gasteiger partial charge >= 0.3 is 0 Å². The van der Waals surface area contributed by atoms with Crippen molar-refractivity contribution in [3.05, 3.63) is 0 Å². The highest BCUT2D eigenvalue weighted by molar-refractivity contribution is 5.87. The highest BCUT2D eigenvalue weighted by atomic mass is 16.4. The van der Waals surface area contributed by atoms with Gasteiger partial charge in [-0.2, -0.15) is 0 Å². The molecule has 1 N–H and O–H groups in total. The summed E-state index contributed by atoms with van der Waals surface area (Å²) in [6, 6.07) is 0.819. The average Bonchev–Trinajstić information content (AvgIpc) is 2.81. The lowest BCUT2D eigenvalue weighted by Gasteiger charge is -2.36. The van der Waals surface area contributed by atoms with E-state index in [1.54, 1.807) is 0 Å². The molecular weight excluding hydrogens is 188 g/mol. The van der Waals surface area contributed by atoms with E-state index in [4.69, 9.17) is 5.21 Å². The summed E-state index contributed by atoms with van der Waals surface area (Å²) in [5, 5.41) is 12.4. The Kier molecular flexibility index (Phi) is 3.62. The summed E-state index contributed by atoms with van der Waals surface area (Å²) in [6.07, 6.45) is 7.62. The minimum absolute atomic E-state index is 0.490. The number of hydrogen-bond acceptors (Lipinski definition) is 3. The van der Waals surface area contributed by atoms with Gasteiger partial charge in [0.2, 0.25) is 0 Å². The van der Waals surface area contributed by atoms with Crippen molar-refractivity contribution < 1.29 is 5.21 Å². The number of oxime groups is 1. The molecule has 2 aliphatic rings. The second kappa shape index (κ2) is 4.97. The van der Waals surface area contributed by atoms with Crippen LogP contribution in [-0.4, -0.2) is 35.0 Å². The first-order chi connectivity index (χ1) is 7.35. The third-order valence-electron chi connectivity index (χ3n) is 4.04. The number of rotatable bonds is 2. The predicted molar refractivity (Wildman–Crippen MR) is 61.4 cm³/mol. The van der Waals surface area contributed by atoms with Gasteiger partial charge in [-0.15, -0.1) is 0 Å². The first-order valence-electron chi connectivity index (χ1n) is 6.30. The first kappa shape index (κ1) is 10.9. The highest BCUT2D eigenvalue weighted by Crippen LogP contribution is 2.27. The van der Waals surface area contributed by atoms with E-state index in [1.807, 2.05) is 0 Å². The Morgan fingerprint density at radius 1 is 1.40 bits per heavy atom. The van der Waals surface area contributed by atoms with E-state index in [-0.39, 0.29) is 0 Å². The quantitative estimate of drug-likeness (QED) is 0.561. The molecular formula is C12H22N2O. The van der Waals surface area contributed by atoms with Gasteiger partial charge in [0.15, 0.2) is 0 Å². The molecule has 1 saturated carbocycles. The molecule has 0 aromatic heterocycles. The lowest BCUT2D eigenvalue weighted by molar-refractivity contribution is 0.168. The number of piperidine rings is 1. The first-order valence-corrected chi connectivity index (χ1v) is 6.30. The molecule has 2 fully saturated rings. The zero-order chi connectivity index (χ0) is 10.7. The topological polar surface area (TPSA) is 35.8 Å². The van der Waals surface area contributed by atoms with E-state index in [0.29, 0.717) is 5.92 Å². The van der Waals surface area contributed by atoms with Crippen molar-refractivity contribution >= 4 is 5.71 Å². The normalized spacial score (nSPS) is 32.6. The Balaban J connectivity index is 1.94. The lowest BCUT2D eigenvalue weighted by atomic mass is 9.92. The third kappa shape index (κ3) is 2.33. The Morgan fingerprint density at radius 2 is 2.13 bits per heavy atom. The van der Waals surface area contributed by atoms with Gasteiger partial charge < -0.3 is 5.21 Å². The van der Waals surface area contributed by atoms with E-state index in [1.165, 1.54) is 25.7 Å². The molecule has 1 unspecified atom stereocenters. The molecule has 1 saturated heterocycles. The van der Waals surface area contributed by atoms with Gasteiger partial charge in [0.25, 0.3) is 0 Å². The van der Waals surface area contributed by atoms with Crippen LogP contribution in [0.5, 0.6) is 0 Å². The van der Waals surface area contributed by atoms with Crippen molar-refractivity contribution in [3.63, 3.8) is 0 Å². The molecule has 1 heterocycles. The molecule has 1 aliphatic heterocycles. The summed E-state index contributed by atoms with van der Waals surface area (Å²) >= 11 is 0. The van der Waals surface area contributed by atoms with Crippen LogP contribution in [0, 0.1) is 5.92 Å². The zero-order valence-electron chi connectivity index (χ0n) is 9.65. The van der Waals surface area contributed by atoms with Crippen LogP contribution in [0.15, 0.2) is 5.16 Å². The largest absolute Gasteiger partial charge is 0.411 e. The van der Waals surface area contributed by atoms with Crippen LogP contribution < -0.4 is 0 Å². The van der Waals surface area contributed by atoms with E-state index in [2.05, 4.69) is 17.0 Å². The minimum atomic E-state index is 0.490. The smallest absolute Gasteiger partial charge is 0.0627 e. The maximum atomic E-state index is 8.91. The summed E-state index contributed by atoms with van der Waals surface area (Å²) in [5.74, 6) is 0.490. The summed E-state index contributed by atoms with van der Waals surface area (Å²) in [6.45, 7) is 4.40. The van der Waals surface area contributed by atoms with Gasteiger partial charge in [0.05, 0.1) is 5.71 Å². The molecule has 0 spiro atoms. The van der Waals surface area contributed by atoms with Crippen LogP contribution in [0.3, 0.4) is 0 Å². The molecule has 0 radical (unpaired) electrons. The van der Waals surface area contributed by atoms with Gasteiger partial charge in [0, 0.05) is 31.5 Å².